The van der Waals surface area contributed by atoms with E-state index in [0.29, 0.717) is 23.6 Å². The van der Waals surface area contributed by atoms with Gasteiger partial charge in [0.1, 0.15) is 11.5 Å². The molecule has 0 aliphatic rings. The lowest BCUT2D eigenvalue weighted by molar-refractivity contribution is 0.0942. The number of carbonyl (C=O) groups excluding carboxylic acids is 1. The molecule has 1 aromatic carbocycles. The van der Waals surface area contributed by atoms with E-state index in [-0.39, 0.29) is 11.9 Å². The van der Waals surface area contributed by atoms with Crippen LogP contribution in [0.2, 0.25) is 0 Å². The van der Waals surface area contributed by atoms with Crippen LogP contribution in [0.1, 0.15) is 27.0 Å². The highest BCUT2D eigenvalue weighted by Crippen LogP contribution is 2.26. The van der Waals surface area contributed by atoms with Crippen LogP contribution in [0.15, 0.2) is 70.6 Å². The Kier molecular flexibility index (Phi) is 5.83. The number of amides is 1. The number of nitrogens with zero attached hydrogens (tertiary/aromatic N) is 3. The smallest absolute Gasteiger partial charge is 0.255 e. The van der Waals surface area contributed by atoms with Gasteiger partial charge in [0.2, 0.25) is 0 Å². The second-order valence-electron chi connectivity index (χ2n) is 7.29. The quantitative estimate of drug-likeness (QED) is 0.477. The summed E-state index contributed by atoms with van der Waals surface area (Å²) in [6.07, 6.45) is 1.76. The van der Waals surface area contributed by atoms with Crippen LogP contribution >= 0.6 is 11.3 Å². The first-order valence-electron chi connectivity index (χ1n) is 9.73. The van der Waals surface area contributed by atoms with Gasteiger partial charge in [0.25, 0.3) is 5.91 Å². The summed E-state index contributed by atoms with van der Waals surface area (Å²) < 4.78 is 7.48. The highest BCUT2D eigenvalue weighted by atomic mass is 32.1. The van der Waals surface area contributed by atoms with Gasteiger partial charge in [-0.15, -0.1) is 11.3 Å². The number of benzene rings is 1. The molecule has 3 aromatic heterocycles. The van der Waals surface area contributed by atoms with Crippen LogP contribution < -0.4 is 5.32 Å². The van der Waals surface area contributed by atoms with Gasteiger partial charge in [0.15, 0.2) is 5.76 Å². The summed E-state index contributed by atoms with van der Waals surface area (Å²) in [4.78, 5) is 16.5. The number of hydrogen-bond donors (Lipinski definition) is 1. The standard InChI is InChI=1S/C23H24N4O2S/c1-16-11-12-20(29-16)22-18(15-27(25-22)17-8-5-4-6-9-17)23(28)24-14-19(26(2)3)21-10-7-13-30-21/h4-13,15,19H,14H2,1-3H3,(H,24,28). The molecule has 30 heavy (non-hydrogen) atoms. The lowest BCUT2D eigenvalue weighted by Crippen LogP contribution is -2.34. The van der Waals surface area contributed by atoms with Gasteiger partial charge in [0, 0.05) is 17.6 Å². The van der Waals surface area contributed by atoms with Crippen LogP contribution in [0, 0.1) is 6.92 Å². The topological polar surface area (TPSA) is 63.3 Å². The zero-order chi connectivity index (χ0) is 21.1. The average molecular weight is 421 g/mol. The molecule has 154 valence electrons. The highest BCUT2D eigenvalue weighted by Gasteiger charge is 2.23. The average Bonchev–Trinajstić information content (AvgIpc) is 3.49. The van der Waals surface area contributed by atoms with Gasteiger partial charge in [-0.3, -0.25) is 4.79 Å². The molecule has 6 nitrogen and oxygen atoms in total. The monoisotopic (exact) mass is 420 g/mol. The maximum Gasteiger partial charge on any atom is 0.255 e. The fraction of sp³-hybridized carbons (Fsp3) is 0.217. The largest absolute Gasteiger partial charge is 0.460 e. The van der Waals surface area contributed by atoms with E-state index in [2.05, 4.69) is 26.8 Å². The molecule has 0 bridgehead atoms. The van der Waals surface area contributed by atoms with Gasteiger partial charge >= 0.3 is 0 Å². The van der Waals surface area contributed by atoms with Crippen LogP contribution in [-0.4, -0.2) is 41.2 Å². The van der Waals surface area contributed by atoms with E-state index in [1.54, 1.807) is 22.2 Å². The fourth-order valence-corrected chi connectivity index (χ4v) is 4.22. The first-order valence-corrected chi connectivity index (χ1v) is 10.6. The van der Waals surface area contributed by atoms with Crippen molar-refractivity contribution in [1.82, 2.24) is 20.0 Å². The molecule has 0 spiro atoms. The normalized spacial score (nSPS) is 12.3. The number of para-hydroxylation sites is 1. The summed E-state index contributed by atoms with van der Waals surface area (Å²) in [6, 6.07) is 17.7. The molecule has 7 heteroatoms. The molecular weight excluding hydrogens is 396 g/mol. The number of nitrogens with one attached hydrogen (secondary N) is 1. The second kappa shape index (κ2) is 8.69. The van der Waals surface area contributed by atoms with Gasteiger partial charge in [-0.25, -0.2) is 4.68 Å². The van der Waals surface area contributed by atoms with Crippen molar-refractivity contribution in [1.29, 1.82) is 0 Å². The Labute approximate surface area is 179 Å². The molecule has 3 heterocycles. The van der Waals surface area contributed by atoms with E-state index in [4.69, 9.17) is 4.42 Å². The molecule has 0 saturated heterocycles. The van der Waals surface area contributed by atoms with Crippen LogP contribution in [0.25, 0.3) is 17.1 Å². The number of carbonyl (C=O) groups is 1. The lowest BCUT2D eigenvalue weighted by atomic mass is 10.1. The van der Waals surface area contributed by atoms with Crippen molar-refractivity contribution in [3.8, 4) is 17.1 Å². The van der Waals surface area contributed by atoms with Crippen molar-refractivity contribution in [2.24, 2.45) is 0 Å². The second-order valence-corrected chi connectivity index (χ2v) is 8.27. The summed E-state index contributed by atoms with van der Waals surface area (Å²) in [5.41, 5.74) is 1.89. The molecule has 0 aliphatic heterocycles. The van der Waals surface area contributed by atoms with E-state index in [1.165, 1.54) is 4.88 Å². The molecule has 0 aliphatic carbocycles. The SMILES string of the molecule is Cc1ccc(-c2nn(-c3ccccc3)cc2C(=O)NCC(c2cccs2)N(C)C)o1. The molecule has 0 fully saturated rings. The van der Waals surface area contributed by atoms with Crippen molar-refractivity contribution < 1.29 is 9.21 Å². The third kappa shape index (κ3) is 4.22. The Morgan fingerprint density at radius 1 is 1.17 bits per heavy atom. The van der Waals surface area contributed by atoms with Crippen molar-refractivity contribution >= 4 is 17.2 Å². The highest BCUT2D eigenvalue weighted by molar-refractivity contribution is 7.10. The number of thiophene rings is 1. The first kappa shape index (κ1) is 20.1. The maximum absolute atomic E-state index is 13.2. The Balaban J connectivity index is 1.63. The van der Waals surface area contributed by atoms with E-state index in [0.717, 1.165) is 11.4 Å². The van der Waals surface area contributed by atoms with Gasteiger partial charge in [-0.1, -0.05) is 24.3 Å². The minimum atomic E-state index is -0.176. The summed E-state index contributed by atoms with van der Waals surface area (Å²) >= 11 is 1.69. The number of furan rings is 1. The summed E-state index contributed by atoms with van der Waals surface area (Å²) in [6.45, 7) is 2.37. The molecule has 1 amide bonds. The van der Waals surface area contributed by atoms with Crippen LogP contribution in [0.3, 0.4) is 0 Å². The minimum Gasteiger partial charge on any atom is -0.460 e. The third-order valence-electron chi connectivity index (χ3n) is 4.90. The Morgan fingerprint density at radius 2 is 1.97 bits per heavy atom. The van der Waals surface area contributed by atoms with Gasteiger partial charge in [0.05, 0.1) is 17.3 Å². The summed E-state index contributed by atoms with van der Waals surface area (Å²) in [7, 11) is 4.03. The van der Waals surface area contributed by atoms with Crippen molar-refractivity contribution in [3.63, 3.8) is 0 Å². The predicted molar refractivity (Wildman–Crippen MR) is 119 cm³/mol. The molecule has 0 radical (unpaired) electrons. The Bertz CT molecular complexity index is 1110. The minimum absolute atomic E-state index is 0.104. The zero-order valence-corrected chi connectivity index (χ0v) is 18.0. The molecule has 1 atom stereocenters. The third-order valence-corrected chi connectivity index (χ3v) is 5.88. The van der Waals surface area contributed by atoms with E-state index in [9.17, 15) is 4.79 Å². The molecule has 4 rings (SSSR count). The molecular formula is C23H24N4O2S. The number of aryl methyl sites for hydroxylation is 1. The van der Waals surface area contributed by atoms with E-state index < -0.39 is 0 Å². The van der Waals surface area contributed by atoms with Gasteiger partial charge in [-0.05, 0) is 56.7 Å². The number of aromatic nitrogens is 2. The van der Waals surface area contributed by atoms with E-state index >= 15 is 0 Å². The van der Waals surface area contributed by atoms with Gasteiger partial charge in [-0.2, -0.15) is 5.10 Å². The molecule has 4 aromatic rings. The van der Waals surface area contributed by atoms with Crippen molar-refractivity contribution in [2.75, 3.05) is 20.6 Å². The number of hydrogen-bond acceptors (Lipinski definition) is 5. The maximum atomic E-state index is 13.2. The van der Waals surface area contributed by atoms with Crippen LogP contribution in [-0.2, 0) is 0 Å². The summed E-state index contributed by atoms with van der Waals surface area (Å²) in [5.74, 6) is 1.18. The number of likely N-dealkylation sites (N-methyl/N-ethyl adjacent to an activating group) is 1. The molecule has 1 unspecified atom stereocenters. The van der Waals surface area contributed by atoms with Crippen LogP contribution in [0.5, 0.6) is 0 Å². The van der Waals surface area contributed by atoms with E-state index in [1.807, 2.05) is 69.6 Å². The Hall–Kier alpha value is -3.16. The fourth-order valence-electron chi connectivity index (χ4n) is 3.30. The van der Waals surface area contributed by atoms with Gasteiger partial charge < -0.3 is 14.6 Å². The molecule has 1 N–H and O–H groups in total. The summed E-state index contributed by atoms with van der Waals surface area (Å²) in [5, 5.41) is 9.78. The predicted octanol–water partition coefficient (Wildman–Crippen LogP) is 4.53. The van der Waals surface area contributed by atoms with Crippen LogP contribution in [0.4, 0.5) is 0 Å². The lowest BCUT2D eigenvalue weighted by Gasteiger charge is -2.23. The number of rotatable bonds is 7. The van der Waals surface area contributed by atoms with Crippen molar-refractivity contribution in [3.05, 3.63) is 82.4 Å². The van der Waals surface area contributed by atoms with Crippen molar-refractivity contribution in [2.45, 2.75) is 13.0 Å². The Morgan fingerprint density at radius 3 is 2.60 bits per heavy atom. The molecule has 0 saturated carbocycles. The zero-order valence-electron chi connectivity index (χ0n) is 17.2. The first-order chi connectivity index (χ1) is 14.5.